The Bertz CT molecular complexity index is 513. The standard InChI is InChI=1S/C15H14F2O/c1-10-3-6-15(11(2)7-10)18-9-12-4-5-13(16)8-14(12)17/h3-8H,9H2,1-2H3. The zero-order chi connectivity index (χ0) is 13.1. The van der Waals surface area contributed by atoms with Gasteiger partial charge in [0.25, 0.3) is 0 Å². The van der Waals surface area contributed by atoms with Gasteiger partial charge in [0.15, 0.2) is 0 Å². The predicted molar refractivity (Wildman–Crippen MR) is 66.6 cm³/mol. The predicted octanol–water partition coefficient (Wildman–Crippen LogP) is 4.16. The number of halogens is 2. The van der Waals surface area contributed by atoms with Crippen LogP contribution in [0.2, 0.25) is 0 Å². The summed E-state index contributed by atoms with van der Waals surface area (Å²) in [5.74, 6) is -0.452. The van der Waals surface area contributed by atoms with Crippen LogP contribution >= 0.6 is 0 Å². The lowest BCUT2D eigenvalue weighted by Gasteiger charge is -2.10. The number of hydrogen-bond acceptors (Lipinski definition) is 1. The third-order valence-electron chi connectivity index (χ3n) is 2.73. The van der Waals surface area contributed by atoms with Crippen LogP contribution in [0.4, 0.5) is 8.78 Å². The summed E-state index contributed by atoms with van der Waals surface area (Å²) in [5.41, 5.74) is 2.49. The van der Waals surface area contributed by atoms with E-state index in [4.69, 9.17) is 4.74 Å². The van der Waals surface area contributed by atoms with Crippen LogP contribution in [0.5, 0.6) is 5.75 Å². The maximum atomic E-state index is 13.4. The molecule has 94 valence electrons. The lowest BCUT2D eigenvalue weighted by Crippen LogP contribution is -2.00. The van der Waals surface area contributed by atoms with E-state index in [0.29, 0.717) is 11.3 Å². The molecule has 0 aliphatic heterocycles. The first-order chi connectivity index (χ1) is 8.56. The Hall–Kier alpha value is -1.90. The van der Waals surface area contributed by atoms with Crippen LogP contribution in [0.15, 0.2) is 36.4 Å². The van der Waals surface area contributed by atoms with E-state index in [0.717, 1.165) is 17.2 Å². The molecule has 0 fully saturated rings. The summed E-state index contributed by atoms with van der Waals surface area (Å²) in [7, 11) is 0. The van der Waals surface area contributed by atoms with Gasteiger partial charge in [0.05, 0.1) is 0 Å². The van der Waals surface area contributed by atoms with Crippen LogP contribution in [0, 0.1) is 25.5 Å². The van der Waals surface area contributed by atoms with Gasteiger partial charge >= 0.3 is 0 Å². The summed E-state index contributed by atoms with van der Waals surface area (Å²) >= 11 is 0. The van der Waals surface area contributed by atoms with Gasteiger partial charge in [-0.2, -0.15) is 0 Å². The van der Waals surface area contributed by atoms with Crippen LogP contribution in [0.1, 0.15) is 16.7 Å². The topological polar surface area (TPSA) is 9.23 Å². The first-order valence-electron chi connectivity index (χ1n) is 5.70. The fourth-order valence-electron chi connectivity index (χ4n) is 1.76. The number of hydrogen-bond donors (Lipinski definition) is 0. The summed E-state index contributed by atoms with van der Waals surface area (Å²) < 4.78 is 31.7. The highest BCUT2D eigenvalue weighted by Crippen LogP contribution is 2.20. The number of ether oxygens (including phenoxy) is 1. The number of benzene rings is 2. The number of rotatable bonds is 3. The molecule has 3 heteroatoms. The van der Waals surface area contributed by atoms with Crippen molar-refractivity contribution in [3.05, 3.63) is 64.7 Å². The molecule has 18 heavy (non-hydrogen) atoms. The van der Waals surface area contributed by atoms with Crippen molar-refractivity contribution >= 4 is 0 Å². The van der Waals surface area contributed by atoms with E-state index in [9.17, 15) is 8.78 Å². The minimum absolute atomic E-state index is 0.0933. The molecule has 0 radical (unpaired) electrons. The summed E-state index contributed by atoms with van der Waals surface area (Å²) in [6.07, 6.45) is 0. The Labute approximate surface area is 105 Å². The minimum Gasteiger partial charge on any atom is -0.489 e. The van der Waals surface area contributed by atoms with Gasteiger partial charge in [0.1, 0.15) is 24.0 Å². The summed E-state index contributed by atoms with van der Waals surface area (Å²) in [4.78, 5) is 0. The largest absolute Gasteiger partial charge is 0.489 e. The average molecular weight is 248 g/mol. The second-order valence-corrected chi connectivity index (χ2v) is 4.29. The molecule has 0 aromatic heterocycles. The minimum atomic E-state index is -0.584. The molecule has 0 N–H and O–H groups in total. The molecule has 0 unspecified atom stereocenters. The first-order valence-corrected chi connectivity index (χ1v) is 5.70. The molecular weight excluding hydrogens is 234 g/mol. The van der Waals surface area contributed by atoms with Gasteiger partial charge in [-0.1, -0.05) is 17.7 Å². The van der Waals surface area contributed by atoms with E-state index in [1.54, 1.807) is 0 Å². The molecule has 0 aliphatic carbocycles. The van der Waals surface area contributed by atoms with E-state index >= 15 is 0 Å². The maximum absolute atomic E-state index is 13.4. The molecule has 0 amide bonds. The van der Waals surface area contributed by atoms with Gasteiger partial charge < -0.3 is 4.74 Å². The molecule has 0 saturated heterocycles. The van der Waals surface area contributed by atoms with Gasteiger partial charge in [0, 0.05) is 11.6 Å². The van der Waals surface area contributed by atoms with Crippen molar-refractivity contribution in [2.24, 2.45) is 0 Å². The highest BCUT2D eigenvalue weighted by molar-refractivity contribution is 5.35. The van der Waals surface area contributed by atoms with Crippen LogP contribution in [-0.2, 0) is 6.61 Å². The third kappa shape index (κ3) is 2.86. The first kappa shape index (κ1) is 12.6. The average Bonchev–Trinajstić information content (AvgIpc) is 2.30. The van der Waals surface area contributed by atoms with Crippen molar-refractivity contribution in [3.63, 3.8) is 0 Å². The lowest BCUT2D eigenvalue weighted by molar-refractivity contribution is 0.297. The Balaban J connectivity index is 2.11. The second kappa shape index (κ2) is 5.17. The van der Waals surface area contributed by atoms with E-state index < -0.39 is 11.6 Å². The van der Waals surface area contributed by atoms with Crippen molar-refractivity contribution in [1.82, 2.24) is 0 Å². The Kier molecular flexibility index (Phi) is 3.60. The fourth-order valence-corrected chi connectivity index (χ4v) is 1.76. The normalized spacial score (nSPS) is 10.4. The van der Waals surface area contributed by atoms with Crippen LogP contribution in [0.3, 0.4) is 0 Å². The molecule has 1 nitrogen and oxygen atoms in total. The van der Waals surface area contributed by atoms with Gasteiger partial charge in [-0.3, -0.25) is 0 Å². The zero-order valence-electron chi connectivity index (χ0n) is 10.3. The van der Waals surface area contributed by atoms with Crippen LogP contribution in [0.25, 0.3) is 0 Å². The third-order valence-corrected chi connectivity index (χ3v) is 2.73. The van der Waals surface area contributed by atoms with Gasteiger partial charge in [-0.25, -0.2) is 8.78 Å². The molecule has 0 atom stereocenters. The van der Waals surface area contributed by atoms with Crippen LogP contribution < -0.4 is 4.74 Å². The summed E-state index contributed by atoms with van der Waals surface area (Å²) in [6.45, 7) is 4.02. The van der Waals surface area contributed by atoms with Crippen molar-refractivity contribution in [3.8, 4) is 5.75 Å². The van der Waals surface area contributed by atoms with Gasteiger partial charge in [-0.15, -0.1) is 0 Å². The molecule has 2 aromatic carbocycles. The Morgan fingerprint density at radius 2 is 1.78 bits per heavy atom. The molecular formula is C15H14F2O. The van der Waals surface area contributed by atoms with E-state index in [1.807, 2.05) is 32.0 Å². The number of aryl methyl sites for hydroxylation is 2. The SMILES string of the molecule is Cc1ccc(OCc2ccc(F)cc2F)c(C)c1. The van der Waals surface area contributed by atoms with Gasteiger partial charge in [0.2, 0.25) is 0 Å². The molecule has 0 aliphatic rings. The highest BCUT2D eigenvalue weighted by atomic mass is 19.1. The summed E-state index contributed by atoms with van der Waals surface area (Å²) in [5, 5.41) is 0. The zero-order valence-corrected chi connectivity index (χ0v) is 10.3. The molecule has 0 heterocycles. The monoisotopic (exact) mass is 248 g/mol. The lowest BCUT2D eigenvalue weighted by atomic mass is 10.1. The molecule has 0 spiro atoms. The second-order valence-electron chi connectivity index (χ2n) is 4.29. The maximum Gasteiger partial charge on any atom is 0.132 e. The quantitative estimate of drug-likeness (QED) is 0.792. The molecule has 0 bridgehead atoms. The molecule has 0 saturated carbocycles. The molecule has 2 rings (SSSR count). The van der Waals surface area contributed by atoms with E-state index in [-0.39, 0.29) is 6.61 Å². The Morgan fingerprint density at radius 1 is 1.00 bits per heavy atom. The van der Waals surface area contributed by atoms with Crippen LogP contribution in [-0.4, -0.2) is 0 Å². The van der Waals surface area contributed by atoms with Crippen molar-refractivity contribution in [2.75, 3.05) is 0 Å². The smallest absolute Gasteiger partial charge is 0.132 e. The van der Waals surface area contributed by atoms with Crippen molar-refractivity contribution < 1.29 is 13.5 Å². The Morgan fingerprint density at radius 3 is 2.44 bits per heavy atom. The van der Waals surface area contributed by atoms with Crippen molar-refractivity contribution in [2.45, 2.75) is 20.5 Å². The van der Waals surface area contributed by atoms with E-state index in [2.05, 4.69) is 0 Å². The molecule has 2 aromatic rings. The van der Waals surface area contributed by atoms with E-state index in [1.165, 1.54) is 12.1 Å². The van der Waals surface area contributed by atoms with Crippen molar-refractivity contribution in [1.29, 1.82) is 0 Å². The highest BCUT2D eigenvalue weighted by Gasteiger charge is 2.06. The van der Waals surface area contributed by atoms with Gasteiger partial charge in [-0.05, 0) is 37.6 Å². The fraction of sp³-hybridized carbons (Fsp3) is 0.200. The summed E-state index contributed by atoms with van der Waals surface area (Å²) in [6, 6.07) is 9.27.